The minimum Gasteiger partial charge on any atom is -0.481 e. The molecule has 2 aliphatic rings. The Hall–Kier alpha value is -1.32. The molecule has 1 fully saturated rings. The van der Waals surface area contributed by atoms with Gasteiger partial charge in [0.1, 0.15) is 0 Å². The van der Waals surface area contributed by atoms with Crippen LogP contribution >= 0.6 is 0 Å². The van der Waals surface area contributed by atoms with Gasteiger partial charge in [0, 0.05) is 12.0 Å². The number of carboxylic acids is 1. The predicted molar refractivity (Wildman–Crippen MR) is 63.4 cm³/mol. The lowest BCUT2D eigenvalue weighted by molar-refractivity contribution is -0.142. The van der Waals surface area contributed by atoms with Crippen LogP contribution < -0.4 is 5.32 Å². The van der Waals surface area contributed by atoms with Crippen LogP contribution in [0.3, 0.4) is 0 Å². The molecule has 2 N–H and O–H groups in total. The summed E-state index contributed by atoms with van der Waals surface area (Å²) in [6, 6.07) is -0.161. The van der Waals surface area contributed by atoms with E-state index in [1.807, 2.05) is 6.08 Å². The SMILES string of the molecule is O=C(NC1CCCC1C(=O)O)C1CC=CCC1. The van der Waals surface area contributed by atoms with Crippen LogP contribution in [0.5, 0.6) is 0 Å². The van der Waals surface area contributed by atoms with Crippen molar-refractivity contribution >= 4 is 11.9 Å². The van der Waals surface area contributed by atoms with Crippen LogP contribution in [0, 0.1) is 11.8 Å². The Morgan fingerprint density at radius 2 is 2.00 bits per heavy atom. The summed E-state index contributed by atoms with van der Waals surface area (Å²) in [6.45, 7) is 0. The molecule has 3 unspecified atom stereocenters. The molecular formula is C13H19NO3. The summed E-state index contributed by atoms with van der Waals surface area (Å²) in [4.78, 5) is 23.0. The zero-order valence-corrected chi connectivity index (χ0v) is 9.89. The summed E-state index contributed by atoms with van der Waals surface area (Å²) < 4.78 is 0. The van der Waals surface area contributed by atoms with Crippen LogP contribution in [0.15, 0.2) is 12.2 Å². The molecule has 4 nitrogen and oxygen atoms in total. The minimum absolute atomic E-state index is 0.0347. The van der Waals surface area contributed by atoms with E-state index in [2.05, 4.69) is 11.4 Å². The van der Waals surface area contributed by atoms with Crippen molar-refractivity contribution < 1.29 is 14.7 Å². The van der Waals surface area contributed by atoms with Crippen molar-refractivity contribution in [1.82, 2.24) is 5.32 Å². The topological polar surface area (TPSA) is 66.4 Å². The maximum Gasteiger partial charge on any atom is 0.308 e. The quantitative estimate of drug-likeness (QED) is 0.734. The zero-order chi connectivity index (χ0) is 12.3. The monoisotopic (exact) mass is 237 g/mol. The number of hydrogen-bond acceptors (Lipinski definition) is 2. The fourth-order valence-corrected chi connectivity index (χ4v) is 2.76. The van der Waals surface area contributed by atoms with E-state index >= 15 is 0 Å². The van der Waals surface area contributed by atoms with E-state index in [9.17, 15) is 9.59 Å². The summed E-state index contributed by atoms with van der Waals surface area (Å²) in [5, 5.41) is 12.0. The molecule has 2 rings (SSSR count). The Balaban J connectivity index is 1.89. The van der Waals surface area contributed by atoms with Gasteiger partial charge >= 0.3 is 5.97 Å². The summed E-state index contributed by atoms with van der Waals surface area (Å²) in [6.07, 6.45) is 9.13. The van der Waals surface area contributed by atoms with Crippen LogP contribution in [0.25, 0.3) is 0 Å². The highest BCUT2D eigenvalue weighted by atomic mass is 16.4. The zero-order valence-electron chi connectivity index (χ0n) is 9.89. The molecule has 0 radical (unpaired) electrons. The van der Waals surface area contributed by atoms with Gasteiger partial charge in [-0.05, 0) is 32.1 Å². The molecule has 0 heterocycles. The molecule has 17 heavy (non-hydrogen) atoms. The molecule has 0 saturated heterocycles. The largest absolute Gasteiger partial charge is 0.481 e. The number of carbonyl (C=O) groups excluding carboxylic acids is 1. The molecule has 0 spiro atoms. The van der Waals surface area contributed by atoms with Crippen molar-refractivity contribution in [3.05, 3.63) is 12.2 Å². The van der Waals surface area contributed by atoms with E-state index in [4.69, 9.17) is 5.11 Å². The van der Waals surface area contributed by atoms with Crippen LogP contribution in [0.1, 0.15) is 38.5 Å². The highest BCUT2D eigenvalue weighted by Gasteiger charge is 2.34. The lowest BCUT2D eigenvalue weighted by Crippen LogP contribution is -2.43. The molecule has 4 heteroatoms. The molecule has 0 aromatic carbocycles. The third-order valence-corrected chi connectivity index (χ3v) is 3.80. The second kappa shape index (κ2) is 5.34. The number of carbonyl (C=O) groups is 2. The molecule has 2 aliphatic carbocycles. The number of allylic oxidation sites excluding steroid dienone is 2. The number of rotatable bonds is 3. The van der Waals surface area contributed by atoms with E-state index < -0.39 is 11.9 Å². The van der Waals surface area contributed by atoms with Crippen LogP contribution in [0.2, 0.25) is 0 Å². The van der Waals surface area contributed by atoms with Gasteiger partial charge in [-0.3, -0.25) is 9.59 Å². The number of hydrogen-bond donors (Lipinski definition) is 2. The Labute approximate surface area is 101 Å². The average Bonchev–Trinajstić information content (AvgIpc) is 2.78. The first-order valence-electron chi connectivity index (χ1n) is 6.36. The first kappa shape index (κ1) is 12.1. The Bertz CT molecular complexity index is 338. The van der Waals surface area contributed by atoms with Gasteiger partial charge in [-0.15, -0.1) is 0 Å². The number of carboxylic acid groups (broad SMARTS) is 1. The van der Waals surface area contributed by atoms with Gasteiger partial charge in [0.2, 0.25) is 5.91 Å². The van der Waals surface area contributed by atoms with Gasteiger partial charge in [0.15, 0.2) is 0 Å². The van der Waals surface area contributed by atoms with Gasteiger partial charge < -0.3 is 10.4 Å². The summed E-state index contributed by atoms with van der Waals surface area (Å²) >= 11 is 0. The second-order valence-electron chi connectivity index (χ2n) is 4.97. The predicted octanol–water partition coefficient (Wildman–Crippen LogP) is 1.71. The summed E-state index contributed by atoms with van der Waals surface area (Å²) in [5.74, 6) is -1.10. The molecule has 1 amide bonds. The third-order valence-electron chi connectivity index (χ3n) is 3.80. The van der Waals surface area contributed by atoms with E-state index in [0.717, 1.165) is 32.1 Å². The number of amides is 1. The highest BCUT2D eigenvalue weighted by Crippen LogP contribution is 2.27. The Kier molecular flexibility index (Phi) is 3.82. The first-order chi connectivity index (χ1) is 8.18. The van der Waals surface area contributed by atoms with Crippen molar-refractivity contribution in [3.63, 3.8) is 0 Å². The molecule has 0 aromatic heterocycles. The third kappa shape index (κ3) is 2.87. The maximum atomic E-state index is 12.0. The van der Waals surface area contributed by atoms with Gasteiger partial charge in [-0.25, -0.2) is 0 Å². The Morgan fingerprint density at radius 3 is 2.65 bits per heavy atom. The molecule has 0 aromatic rings. The molecule has 1 saturated carbocycles. The van der Waals surface area contributed by atoms with Crippen LogP contribution in [-0.2, 0) is 9.59 Å². The lowest BCUT2D eigenvalue weighted by atomic mass is 9.93. The smallest absolute Gasteiger partial charge is 0.308 e. The fraction of sp³-hybridized carbons (Fsp3) is 0.692. The van der Waals surface area contributed by atoms with Gasteiger partial charge in [-0.1, -0.05) is 18.6 Å². The average molecular weight is 237 g/mol. The molecule has 0 aliphatic heterocycles. The van der Waals surface area contributed by atoms with Crippen LogP contribution in [0.4, 0.5) is 0 Å². The minimum atomic E-state index is -0.781. The van der Waals surface area contributed by atoms with E-state index in [0.29, 0.717) is 6.42 Å². The van der Waals surface area contributed by atoms with Crippen molar-refractivity contribution in [3.8, 4) is 0 Å². The van der Waals surface area contributed by atoms with Gasteiger partial charge in [0.05, 0.1) is 5.92 Å². The summed E-state index contributed by atoms with van der Waals surface area (Å²) in [5.41, 5.74) is 0. The Morgan fingerprint density at radius 1 is 1.18 bits per heavy atom. The molecule has 94 valence electrons. The fourth-order valence-electron chi connectivity index (χ4n) is 2.76. The standard InChI is InChI=1S/C13H19NO3/c15-12(9-5-2-1-3-6-9)14-11-8-4-7-10(11)13(16)17/h1-2,9-11H,3-8H2,(H,14,15)(H,16,17). The van der Waals surface area contributed by atoms with E-state index in [-0.39, 0.29) is 17.9 Å². The van der Waals surface area contributed by atoms with Gasteiger partial charge in [0.25, 0.3) is 0 Å². The number of aliphatic carboxylic acids is 1. The van der Waals surface area contributed by atoms with E-state index in [1.54, 1.807) is 0 Å². The van der Waals surface area contributed by atoms with Crippen molar-refractivity contribution in [2.45, 2.75) is 44.6 Å². The van der Waals surface area contributed by atoms with Crippen molar-refractivity contribution in [1.29, 1.82) is 0 Å². The normalized spacial score (nSPS) is 32.4. The first-order valence-corrected chi connectivity index (χ1v) is 6.36. The van der Waals surface area contributed by atoms with Gasteiger partial charge in [-0.2, -0.15) is 0 Å². The highest BCUT2D eigenvalue weighted by molar-refractivity contribution is 5.80. The summed E-state index contributed by atoms with van der Waals surface area (Å²) in [7, 11) is 0. The van der Waals surface area contributed by atoms with Crippen molar-refractivity contribution in [2.24, 2.45) is 11.8 Å². The van der Waals surface area contributed by atoms with E-state index in [1.165, 1.54) is 0 Å². The second-order valence-corrected chi connectivity index (χ2v) is 4.97. The maximum absolute atomic E-state index is 12.0. The number of nitrogens with one attached hydrogen (secondary N) is 1. The lowest BCUT2D eigenvalue weighted by Gasteiger charge is -2.22. The molecule has 0 bridgehead atoms. The molecule has 3 atom stereocenters. The molecular weight excluding hydrogens is 218 g/mol. The van der Waals surface area contributed by atoms with Crippen molar-refractivity contribution in [2.75, 3.05) is 0 Å². The van der Waals surface area contributed by atoms with Crippen LogP contribution in [-0.4, -0.2) is 23.0 Å².